The molecule has 0 saturated heterocycles. The molecule has 2 aromatic heterocycles. The number of nitrogens with zero attached hydrogens (tertiary/aromatic N) is 3. The minimum atomic E-state index is -0.547. The summed E-state index contributed by atoms with van der Waals surface area (Å²) in [5, 5.41) is 5.97. The molecule has 2 heterocycles. The van der Waals surface area contributed by atoms with Crippen LogP contribution in [0.5, 0.6) is 0 Å². The van der Waals surface area contributed by atoms with Crippen molar-refractivity contribution in [3.63, 3.8) is 0 Å². The Labute approximate surface area is 111 Å². The highest BCUT2D eigenvalue weighted by atomic mass is 19.1. The summed E-state index contributed by atoms with van der Waals surface area (Å²) >= 11 is 0. The topological polar surface area (TPSA) is 94.1 Å². The maximum Gasteiger partial charge on any atom is 0.295 e. The van der Waals surface area contributed by atoms with Crippen molar-refractivity contribution in [1.29, 1.82) is 0 Å². The van der Waals surface area contributed by atoms with Crippen LogP contribution in [0.4, 0.5) is 10.3 Å². The molecule has 0 radical (unpaired) electrons. The number of benzene rings is 1. The van der Waals surface area contributed by atoms with Gasteiger partial charge in [0.15, 0.2) is 6.39 Å². The normalized spacial score (nSPS) is 10.4. The number of rotatable bonds is 3. The summed E-state index contributed by atoms with van der Waals surface area (Å²) in [6.07, 6.45) is 2.39. The molecule has 0 fully saturated rings. The van der Waals surface area contributed by atoms with E-state index >= 15 is 0 Å². The van der Waals surface area contributed by atoms with Gasteiger partial charge in [0.1, 0.15) is 5.82 Å². The highest BCUT2D eigenvalue weighted by Crippen LogP contribution is 2.19. The van der Waals surface area contributed by atoms with E-state index in [-0.39, 0.29) is 23.4 Å². The molecule has 0 bridgehead atoms. The van der Waals surface area contributed by atoms with Gasteiger partial charge >= 0.3 is 0 Å². The van der Waals surface area contributed by atoms with Gasteiger partial charge in [0, 0.05) is 5.56 Å². The highest BCUT2D eigenvalue weighted by molar-refractivity contribution is 6.00. The van der Waals surface area contributed by atoms with Crippen molar-refractivity contribution in [3.8, 4) is 11.5 Å². The molecule has 8 heteroatoms. The third-order valence-corrected chi connectivity index (χ3v) is 2.40. The molecular weight excluding hydrogens is 267 g/mol. The van der Waals surface area contributed by atoms with Gasteiger partial charge in [0.25, 0.3) is 17.7 Å². The van der Waals surface area contributed by atoms with Crippen molar-refractivity contribution in [2.45, 2.75) is 0 Å². The van der Waals surface area contributed by atoms with Crippen molar-refractivity contribution < 1.29 is 18.1 Å². The molecule has 7 nitrogen and oxygen atoms in total. The lowest BCUT2D eigenvalue weighted by Crippen LogP contribution is -2.11. The van der Waals surface area contributed by atoms with Crippen LogP contribution < -0.4 is 5.32 Å². The quantitative estimate of drug-likeness (QED) is 0.786. The highest BCUT2D eigenvalue weighted by Gasteiger charge is 2.14. The average molecular weight is 274 g/mol. The first-order valence-electron chi connectivity index (χ1n) is 5.52. The molecule has 3 rings (SSSR count). The molecule has 1 amide bonds. The molecule has 1 aromatic carbocycles. The Hall–Kier alpha value is -3.03. The SMILES string of the molecule is O=C(Nc1noc(-c2ccc(F)cc2)n1)c1cnco1. The third-order valence-electron chi connectivity index (χ3n) is 2.40. The number of anilines is 1. The van der Waals surface area contributed by atoms with Gasteiger partial charge in [-0.2, -0.15) is 4.98 Å². The minimum Gasteiger partial charge on any atom is -0.438 e. The molecule has 100 valence electrons. The second-order valence-corrected chi connectivity index (χ2v) is 3.75. The number of carbonyl (C=O) groups excluding carboxylic acids is 1. The van der Waals surface area contributed by atoms with E-state index in [1.54, 1.807) is 0 Å². The van der Waals surface area contributed by atoms with Gasteiger partial charge in [0.2, 0.25) is 5.76 Å². The summed E-state index contributed by atoms with van der Waals surface area (Å²) < 4.78 is 22.6. The van der Waals surface area contributed by atoms with Crippen LogP contribution >= 0.6 is 0 Å². The first-order chi connectivity index (χ1) is 9.72. The summed E-state index contributed by atoms with van der Waals surface area (Å²) in [6.45, 7) is 0. The van der Waals surface area contributed by atoms with Gasteiger partial charge in [-0.25, -0.2) is 9.37 Å². The van der Waals surface area contributed by atoms with Gasteiger partial charge in [-0.15, -0.1) is 0 Å². The second-order valence-electron chi connectivity index (χ2n) is 3.75. The molecule has 0 aliphatic rings. The molecule has 1 N–H and O–H groups in total. The van der Waals surface area contributed by atoms with Gasteiger partial charge < -0.3 is 8.94 Å². The summed E-state index contributed by atoms with van der Waals surface area (Å²) in [4.78, 5) is 19.2. The van der Waals surface area contributed by atoms with E-state index in [2.05, 4.69) is 20.4 Å². The molecule has 0 aliphatic heterocycles. The molecule has 0 unspecified atom stereocenters. The van der Waals surface area contributed by atoms with Crippen molar-refractivity contribution in [2.75, 3.05) is 5.32 Å². The summed E-state index contributed by atoms with van der Waals surface area (Å²) in [6, 6.07) is 5.52. The zero-order chi connectivity index (χ0) is 13.9. The zero-order valence-corrected chi connectivity index (χ0v) is 9.91. The van der Waals surface area contributed by atoms with Crippen molar-refractivity contribution in [3.05, 3.63) is 48.4 Å². The predicted octanol–water partition coefficient (Wildman–Crippen LogP) is 2.12. The van der Waals surface area contributed by atoms with Crippen LogP contribution in [0, 0.1) is 5.82 Å². The minimum absolute atomic E-state index is 0.0225. The van der Waals surface area contributed by atoms with Crippen LogP contribution in [0.1, 0.15) is 10.6 Å². The Kier molecular flexibility index (Phi) is 2.96. The maximum absolute atomic E-state index is 12.8. The molecule has 0 aliphatic carbocycles. The van der Waals surface area contributed by atoms with E-state index in [4.69, 9.17) is 8.94 Å². The van der Waals surface area contributed by atoms with E-state index in [0.717, 1.165) is 6.39 Å². The molecule has 3 aromatic rings. The van der Waals surface area contributed by atoms with Crippen LogP contribution in [-0.2, 0) is 0 Å². The smallest absolute Gasteiger partial charge is 0.295 e. The van der Waals surface area contributed by atoms with Crippen LogP contribution in [0.2, 0.25) is 0 Å². The van der Waals surface area contributed by atoms with Gasteiger partial charge in [-0.1, -0.05) is 0 Å². The first kappa shape index (κ1) is 12.0. The molecule has 0 saturated carbocycles. The lowest BCUT2D eigenvalue weighted by atomic mass is 10.2. The number of hydrogen-bond acceptors (Lipinski definition) is 6. The van der Waals surface area contributed by atoms with E-state index in [1.165, 1.54) is 30.5 Å². The zero-order valence-electron chi connectivity index (χ0n) is 9.91. The van der Waals surface area contributed by atoms with E-state index in [0.29, 0.717) is 5.56 Å². The van der Waals surface area contributed by atoms with Crippen molar-refractivity contribution >= 4 is 11.9 Å². The molecular formula is C12H7FN4O3. The number of aromatic nitrogens is 3. The Morgan fingerprint density at radius 1 is 1.25 bits per heavy atom. The number of amides is 1. The van der Waals surface area contributed by atoms with Crippen molar-refractivity contribution in [1.82, 2.24) is 15.1 Å². The fraction of sp³-hybridized carbons (Fsp3) is 0. The van der Waals surface area contributed by atoms with E-state index in [9.17, 15) is 9.18 Å². The number of halogens is 1. The monoisotopic (exact) mass is 274 g/mol. The molecule has 0 spiro atoms. The summed E-state index contributed by atoms with van der Waals surface area (Å²) in [5.41, 5.74) is 0.541. The Morgan fingerprint density at radius 3 is 2.75 bits per heavy atom. The Balaban J connectivity index is 1.77. The van der Waals surface area contributed by atoms with E-state index < -0.39 is 5.91 Å². The number of carbonyl (C=O) groups is 1. The maximum atomic E-state index is 12.8. The number of oxazole rings is 1. The van der Waals surface area contributed by atoms with E-state index in [1.807, 2.05) is 0 Å². The average Bonchev–Trinajstić information content (AvgIpc) is 3.10. The van der Waals surface area contributed by atoms with Crippen LogP contribution in [0.3, 0.4) is 0 Å². The lowest BCUT2D eigenvalue weighted by molar-refractivity contribution is 0.0995. The first-order valence-corrected chi connectivity index (χ1v) is 5.52. The van der Waals surface area contributed by atoms with Crippen LogP contribution in [0.25, 0.3) is 11.5 Å². The van der Waals surface area contributed by atoms with Gasteiger partial charge in [-0.3, -0.25) is 10.1 Å². The third kappa shape index (κ3) is 2.39. The Bertz CT molecular complexity index is 722. The lowest BCUT2D eigenvalue weighted by Gasteiger charge is -1.94. The fourth-order valence-electron chi connectivity index (χ4n) is 1.48. The largest absolute Gasteiger partial charge is 0.438 e. The number of hydrogen-bond donors (Lipinski definition) is 1. The summed E-state index contributed by atoms with van der Waals surface area (Å²) in [5.74, 6) is -0.747. The molecule has 0 atom stereocenters. The van der Waals surface area contributed by atoms with Crippen molar-refractivity contribution in [2.24, 2.45) is 0 Å². The number of nitrogens with one attached hydrogen (secondary N) is 1. The standard InChI is InChI=1S/C12H7FN4O3/c13-8-3-1-7(2-4-8)11-16-12(17-20-11)15-10(18)9-5-14-6-19-9/h1-6H,(H,15,17,18). The van der Waals surface area contributed by atoms with Crippen LogP contribution in [0.15, 0.2) is 45.8 Å². The van der Waals surface area contributed by atoms with Gasteiger partial charge in [-0.05, 0) is 29.4 Å². The molecule has 20 heavy (non-hydrogen) atoms. The van der Waals surface area contributed by atoms with Gasteiger partial charge in [0.05, 0.1) is 6.20 Å². The van der Waals surface area contributed by atoms with Crippen LogP contribution in [-0.4, -0.2) is 21.0 Å². The fourth-order valence-corrected chi connectivity index (χ4v) is 1.48. The summed E-state index contributed by atoms with van der Waals surface area (Å²) in [7, 11) is 0. The Morgan fingerprint density at radius 2 is 2.05 bits per heavy atom. The predicted molar refractivity (Wildman–Crippen MR) is 64.1 cm³/mol. The second kappa shape index (κ2) is 4.92.